The van der Waals surface area contributed by atoms with Crippen LogP contribution < -0.4 is 14.2 Å². The molecule has 0 aliphatic carbocycles. The second kappa shape index (κ2) is 9.24. The number of carbonyl (C=O) groups is 1. The van der Waals surface area contributed by atoms with Gasteiger partial charge in [-0.1, -0.05) is 23.2 Å². The summed E-state index contributed by atoms with van der Waals surface area (Å²) in [5.41, 5.74) is 1.10. The van der Waals surface area contributed by atoms with Gasteiger partial charge in [0.15, 0.2) is 5.78 Å². The number of aryl methyl sites for hydroxylation is 2. The van der Waals surface area contributed by atoms with Crippen LogP contribution in [0.1, 0.15) is 29.9 Å². The maximum atomic E-state index is 11.9. The average molecular weight is 447 g/mol. The van der Waals surface area contributed by atoms with Crippen LogP contribution in [0.25, 0.3) is 0 Å². The number of hydrogen-bond acceptors (Lipinski definition) is 5. The number of aromatic nitrogens is 2. The molecular formula is C22H20Cl2N2O4. The molecule has 0 aliphatic rings. The Kier molecular flexibility index (Phi) is 6.70. The number of halogens is 2. The summed E-state index contributed by atoms with van der Waals surface area (Å²) in [7, 11) is 1.73. The highest BCUT2D eigenvalue weighted by atomic mass is 35.5. The Morgan fingerprint density at radius 1 is 0.867 bits per heavy atom. The fraction of sp³-hybridized carbons (Fsp3) is 0.182. The number of nitrogens with zero attached hydrogens (tertiary/aromatic N) is 2. The van der Waals surface area contributed by atoms with Gasteiger partial charge in [0, 0.05) is 7.05 Å². The smallest absolute Gasteiger partial charge is 0.228 e. The summed E-state index contributed by atoms with van der Waals surface area (Å²) in [6.07, 6.45) is 0. The molecule has 0 unspecified atom stereocenters. The Balaban J connectivity index is 1.68. The molecule has 0 aliphatic heterocycles. The van der Waals surface area contributed by atoms with Crippen LogP contribution in [-0.2, 0) is 7.05 Å². The monoisotopic (exact) mass is 446 g/mol. The van der Waals surface area contributed by atoms with E-state index in [1.807, 2.05) is 0 Å². The quantitative estimate of drug-likeness (QED) is 0.303. The molecule has 0 fully saturated rings. The molecule has 0 bridgehead atoms. The van der Waals surface area contributed by atoms with Crippen molar-refractivity contribution in [1.82, 2.24) is 9.78 Å². The summed E-state index contributed by atoms with van der Waals surface area (Å²) < 4.78 is 18.8. The Morgan fingerprint density at radius 2 is 1.33 bits per heavy atom. The van der Waals surface area contributed by atoms with Gasteiger partial charge >= 0.3 is 0 Å². The molecule has 3 aromatic rings. The van der Waals surface area contributed by atoms with Crippen molar-refractivity contribution in [3.8, 4) is 28.9 Å². The molecule has 30 heavy (non-hydrogen) atoms. The maximum absolute atomic E-state index is 11.9. The molecule has 0 radical (unpaired) electrons. The summed E-state index contributed by atoms with van der Waals surface area (Å²) in [6.45, 7) is 4.94. The highest BCUT2D eigenvalue weighted by Gasteiger charge is 2.19. The third-order valence-corrected chi connectivity index (χ3v) is 4.69. The largest absolute Gasteiger partial charge is 0.460 e. The zero-order chi connectivity index (χ0) is 21.8. The lowest BCUT2D eigenvalue weighted by Gasteiger charge is -2.10. The summed E-state index contributed by atoms with van der Waals surface area (Å²) in [4.78, 5) is 11.9. The molecule has 6 nitrogen and oxygen atoms in total. The number of rotatable bonds is 7. The van der Waals surface area contributed by atoms with Crippen LogP contribution in [0.2, 0.25) is 0 Å². The molecule has 1 heterocycles. The predicted octanol–water partition coefficient (Wildman–Crippen LogP) is 6.56. The Morgan fingerprint density at radius 3 is 1.80 bits per heavy atom. The van der Waals surface area contributed by atoms with Gasteiger partial charge in [-0.2, -0.15) is 5.10 Å². The molecule has 8 heteroatoms. The van der Waals surface area contributed by atoms with Crippen molar-refractivity contribution in [3.05, 3.63) is 70.0 Å². The van der Waals surface area contributed by atoms with Crippen molar-refractivity contribution in [2.45, 2.75) is 20.8 Å². The van der Waals surface area contributed by atoms with Crippen LogP contribution in [0.15, 0.2) is 58.8 Å². The lowest BCUT2D eigenvalue weighted by atomic mass is 10.2. The molecule has 0 saturated heterocycles. The van der Waals surface area contributed by atoms with E-state index in [9.17, 15) is 4.79 Å². The van der Waals surface area contributed by atoms with Gasteiger partial charge in [-0.15, -0.1) is 0 Å². The number of hydrogen-bond donors (Lipinski definition) is 0. The number of ketones is 1. The number of ether oxygens (including phenoxy) is 3. The normalized spacial score (nSPS) is 10.5. The molecule has 0 saturated carbocycles. The van der Waals surface area contributed by atoms with Gasteiger partial charge in [-0.25, -0.2) is 4.68 Å². The minimum atomic E-state index is -0.0954. The minimum absolute atomic E-state index is 0.0781. The molecule has 0 atom stereocenters. The molecule has 2 aromatic carbocycles. The Labute approximate surface area is 184 Å². The van der Waals surface area contributed by atoms with Crippen LogP contribution >= 0.6 is 23.2 Å². The van der Waals surface area contributed by atoms with E-state index in [0.717, 1.165) is 0 Å². The van der Waals surface area contributed by atoms with Gasteiger partial charge in [0.2, 0.25) is 5.88 Å². The summed E-state index contributed by atoms with van der Waals surface area (Å²) in [6, 6.07) is 14.1. The lowest BCUT2D eigenvalue weighted by Crippen LogP contribution is -1.99. The first-order chi connectivity index (χ1) is 14.2. The van der Waals surface area contributed by atoms with Crippen LogP contribution in [0.4, 0.5) is 0 Å². The number of allylic oxidation sites excluding steroid dienone is 1. The van der Waals surface area contributed by atoms with Crippen LogP contribution in [0.5, 0.6) is 28.9 Å². The number of carbonyl (C=O) groups excluding carboxylic acids is 1. The van der Waals surface area contributed by atoms with Crippen molar-refractivity contribution in [3.63, 3.8) is 0 Å². The van der Waals surface area contributed by atoms with Gasteiger partial charge in [-0.05, 0) is 69.3 Å². The van der Waals surface area contributed by atoms with Crippen molar-refractivity contribution in [2.24, 2.45) is 7.05 Å². The van der Waals surface area contributed by atoms with Gasteiger partial charge in [-0.3, -0.25) is 4.79 Å². The van der Waals surface area contributed by atoms with Gasteiger partial charge in [0.25, 0.3) is 0 Å². The molecular weight excluding hydrogens is 427 g/mol. The summed E-state index contributed by atoms with van der Waals surface area (Å²) >= 11 is 11.4. The molecule has 3 rings (SSSR count). The third kappa shape index (κ3) is 5.14. The summed E-state index contributed by atoms with van der Waals surface area (Å²) in [5.74, 6) is 3.15. The SMILES string of the molecule is CC(=O)c1c(C)nn(C)c1Oc1ccc(Oc2ccc(OC(C)=C(Cl)Cl)cc2)cc1. The van der Waals surface area contributed by atoms with E-state index in [1.54, 1.807) is 74.1 Å². The van der Waals surface area contributed by atoms with E-state index < -0.39 is 0 Å². The fourth-order valence-corrected chi connectivity index (χ4v) is 2.85. The van der Waals surface area contributed by atoms with Crippen LogP contribution in [-0.4, -0.2) is 15.6 Å². The van der Waals surface area contributed by atoms with Gasteiger partial charge in [0.1, 0.15) is 38.8 Å². The lowest BCUT2D eigenvalue weighted by molar-refractivity contribution is 0.101. The van der Waals surface area contributed by atoms with E-state index in [4.69, 9.17) is 37.4 Å². The van der Waals surface area contributed by atoms with E-state index >= 15 is 0 Å². The van der Waals surface area contributed by atoms with E-state index in [2.05, 4.69) is 5.10 Å². The van der Waals surface area contributed by atoms with Gasteiger partial charge < -0.3 is 14.2 Å². The maximum Gasteiger partial charge on any atom is 0.228 e. The topological polar surface area (TPSA) is 62.6 Å². The molecule has 0 N–H and O–H groups in total. The zero-order valence-electron chi connectivity index (χ0n) is 16.9. The molecule has 0 spiro atoms. The van der Waals surface area contributed by atoms with Crippen LogP contribution in [0, 0.1) is 6.92 Å². The van der Waals surface area contributed by atoms with Crippen molar-refractivity contribution < 1.29 is 19.0 Å². The molecule has 156 valence electrons. The first-order valence-corrected chi connectivity index (χ1v) is 9.80. The Hall–Kier alpha value is -2.96. The van der Waals surface area contributed by atoms with Crippen molar-refractivity contribution >= 4 is 29.0 Å². The van der Waals surface area contributed by atoms with E-state index in [-0.39, 0.29) is 10.3 Å². The van der Waals surface area contributed by atoms with Crippen LogP contribution in [0.3, 0.4) is 0 Å². The first-order valence-electron chi connectivity index (χ1n) is 9.04. The number of Topliss-reactive ketones (excluding diaryl/α,β-unsaturated/α-hetero) is 1. The fourth-order valence-electron chi connectivity index (χ4n) is 2.77. The van der Waals surface area contributed by atoms with E-state index in [0.29, 0.717) is 45.9 Å². The van der Waals surface area contributed by atoms with Crippen molar-refractivity contribution in [2.75, 3.05) is 0 Å². The Bertz CT molecular complexity index is 1080. The second-order valence-corrected chi connectivity index (χ2v) is 7.46. The molecule has 0 amide bonds. The standard InChI is InChI=1S/C22H20Cl2N2O4/c1-13-20(14(2)27)22(26(4)25-13)30-19-11-9-18(10-12-19)29-17-7-5-16(6-8-17)28-15(3)21(23)24/h5-12H,1-4H3. The highest BCUT2D eigenvalue weighted by molar-refractivity contribution is 6.56. The zero-order valence-corrected chi connectivity index (χ0v) is 18.4. The van der Waals surface area contributed by atoms with E-state index in [1.165, 1.54) is 6.92 Å². The average Bonchev–Trinajstić information content (AvgIpc) is 2.98. The second-order valence-electron chi connectivity index (χ2n) is 6.51. The minimum Gasteiger partial charge on any atom is -0.460 e. The van der Waals surface area contributed by atoms with Crippen molar-refractivity contribution in [1.29, 1.82) is 0 Å². The highest BCUT2D eigenvalue weighted by Crippen LogP contribution is 2.30. The molecule has 1 aromatic heterocycles. The van der Waals surface area contributed by atoms with Gasteiger partial charge in [0.05, 0.1) is 5.69 Å². The first kappa shape index (κ1) is 21.7. The summed E-state index contributed by atoms with van der Waals surface area (Å²) in [5, 5.41) is 4.25. The third-order valence-electron chi connectivity index (χ3n) is 4.16. The predicted molar refractivity (Wildman–Crippen MR) is 116 cm³/mol. The number of benzene rings is 2.